The summed E-state index contributed by atoms with van der Waals surface area (Å²) in [4.78, 5) is 2.53. The van der Waals surface area contributed by atoms with Gasteiger partial charge in [-0.15, -0.1) is 0 Å². The normalized spacial score (nSPS) is 13.7. The van der Waals surface area contributed by atoms with Crippen molar-refractivity contribution in [3.8, 4) is 55.6 Å². The lowest BCUT2D eigenvalue weighted by Crippen LogP contribution is -2.28. The zero-order chi connectivity index (χ0) is 45.5. The molecule has 0 radical (unpaired) electrons. The molecule has 11 aromatic rings. The second-order valence-corrected chi connectivity index (χ2v) is 18.7. The van der Waals surface area contributed by atoms with E-state index in [0.29, 0.717) is 0 Å². The molecule has 0 fully saturated rings. The van der Waals surface area contributed by atoms with Crippen LogP contribution in [0.2, 0.25) is 0 Å². The molecule has 3 aliphatic rings. The molecule has 0 saturated heterocycles. The van der Waals surface area contributed by atoms with Crippen LogP contribution in [0.15, 0.2) is 273 Å². The summed E-state index contributed by atoms with van der Waals surface area (Å²) >= 11 is 0. The summed E-state index contributed by atoms with van der Waals surface area (Å²) in [5.74, 6) is 0. The highest BCUT2D eigenvalue weighted by Gasteiger charge is 2.52. The number of hydrogen-bond acceptors (Lipinski definition) is 1. The van der Waals surface area contributed by atoms with Crippen LogP contribution in [0, 0.1) is 0 Å². The van der Waals surface area contributed by atoms with E-state index < -0.39 is 10.8 Å². The van der Waals surface area contributed by atoms with Crippen molar-refractivity contribution in [1.29, 1.82) is 0 Å². The van der Waals surface area contributed by atoms with E-state index >= 15 is 0 Å². The molecule has 0 bridgehead atoms. The van der Waals surface area contributed by atoms with E-state index in [1.165, 1.54) is 89.0 Å². The molecule has 1 nitrogen and oxygen atoms in total. The van der Waals surface area contributed by atoms with E-state index in [4.69, 9.17) is 0 Å². The number of rotatable bonds is 7. The molecular weight excluding hydrogens is 831 g/mol. The predicted octanol–water partition coefficient (Wildman–Crippen LogP) is 17.2. The van der Waals surface area contributed by atoms with Gasteiger partial charge in [-0.2, -0.15) is 0 Å². The van der Waals surface area contributed by atoms with E-state index in [-0.39, 0.29) is 0 Å². The van der Waals surface area contributed by atoms with Gasteiger partial charge in [0.25, 0.3) is 0 Å². The van der Waals surface area contributed by atoms with Crippen molar-refractivity contribution in [3.63, 3.8) is 0 Å². The minimum Gasteiger partial charge on any atom is -0.310 e. The fourth-order valence-corrected chi connectivity index (χ4v) is 12.6. The topological polar surface area (TPSA) is 3.24 Å². The van der Waals surface area contributed by atoms with Crippen LogP contribution >= 0.6 is 0 Å². The maximum Gasteiger partial charge on any atom is 0.0726 e. The van der Waals surface area contributed by atoms with Crippen molar-refractivity contribution >= 4 is 17.1 Å². The van der Waals surface area contributed by atoms with Crippen LogP contribution in [0.25, 0.3) is 55.6 Å². The second kappa shape index (κ2) is 15.4. The lowest BCUT2D eigenvalue weighted by Gasteiger charge is -2.35. The van der Waals surface area contributed by atoms with Gasteiger partial charge in [-0.1, -0.05) is 231 Å². The van der Waals surface area contributed by atoms with Gasteiger partial charge >= 0.3 is 0 Å². The SMILES string of the molecule is c1ccc(-c2cc(-c3ccccc3)cc(N(c3ccc4c(c3)C(c3ccccc3)(c3ccccc3)c3ccccc3-4)c3ccc4c(c3)C3(c5ccccc5-c5ccccc53)c3ccccc3-4)c2)cc1. The van der Waals surface area contributed by atoms with Crippen molar-refractivity contribution in [2.45, 2.75) is 10.8 Å². The van der Waals surface area contributed by atoms with Gasteiger partial charge < -0.3 is 4.90 Å². The van der Waals surface area contributed by atoms with E-state index in [2.05, 4.69) is 278 Å². The highest BCUT2D eigenvalue weighted by Crippen LogP contribution is 2.64. The van der Waals surface area contributed by atoms with Crippen LogP contribution in [0.1, 0.15) is 44.5 Å². The molecule has 0 heterocycles. The van der Waals surface area contributed by atoms with Gasteiger partial charge in [-0.05, 0) is 143 Å². The lowest BCUT2D eigenvalue weighted by atomic mass is 9.67. The van der Waals surface area contributed by atoms with Gasteiger partial charge in [0.05, 0.1) is 10.8 Å². The van der Waals surface area contributed by atoms with Crippen LogP contribution in [-0.2, 0) is 10.8 Å². The van der Waals surface area contributed by atoms with E-state index in [0.717, 1.165) is 28.2 Å². The monoisotopic (exact) mass is 875 g/mol. The van der Waals surface area contributed by atoms with Gasteiger partial charge in [-0.25, -0.2) is 0 Å². The standard InChI is InChI=1S/C68H45N/c1-5-21-46(22-6-1)48-41-49(47-23-7-2-8-24-47)43-54(42-48)69(52-37-39-59-57-31-13-17-33-61(57)67(65(59)44-52,50-25-9-3-10-26-50)51-27-11-4-12-28-51)53-38-40-60-58-32-16-20-36-64(58)68(66(60)45-53)62-34-18-14-29-55(62)56-30-15-19-35-63(56)68/h1-45H. The smallest absolute Gasteiger partial charge is 0.0726 e. The Morgan fingerprint density at radius 2 is 0.522 bits per heavy atom. The molecule has 69 heavy (non-hydrogen) atoms. The number of fused-ring (bicyclic) bond motifs is 13. The van der Waals surface area contributed by atoms with Crippen molar-refractivity contribution in [2.24, 2.45) is 0 Å². The summed E-state index contributed by atoms with van der Waals surface area (Å²) in [6, 6.07) is 102. The molecule has 322 valence electrons. The Morgan fingerprint density at radius 3 is 0.928 bits per heavy atom. The molecule has 1 spiro atoms. The first-order valence-corrected chi connectivity index (χ1v) is 24.1. The predicted molar refractivity (Wildman–Crippen MR) is 286 cm³/mol. The third-order valence-corrected chi connectivity index (χ3v) is 15.3. The summed E-state index contributed by atoms with van der Waals surface area (Å²) in [7, 11) is 0. The van der Waals surface area contributed by atoms with Crippen molar-refractivity contribution < 1.29 is 0 Å². The third-order valence-electron chi connectivity index (χ3n) is 15.3. The van der Waals surface area contributed by atoms with Gasteiger partial charge in [0.1, 0.15) is 0 Å². The quantitative estimate of drug-likeness (QED) is 0.154. The van der Waals surface area contributed by atoms with Crippen molar-refractivity contribution in [3.05, 3.63) is 317 Å². The summed E-state index contributed by atoms with van der Waals surface area (Å²) in [5.41, 5.74) is 25.0. The zero-order valence-corrected chi connectivity index (χ0v) is 37.9. The number of hydrogen-bond donors (Lipinski definition) is 0. The second-order valence-electron chi connectivity index (χ2n) is 18.7. The largest absolute Gasteiger partial charge is 0.310 e. The van der Waals surface area contributed by atoms with Gasteiger partial charge in [0.15, 0.2) is 0 Å². The highest BCUT2D eigenvalue weighted by molar-refractivity contribution is 5.97. The summed E-state index contributed by atoms with van der Waals surface area (Å²) in [5, 5.41) is 0. The fraction of sp³-hybridized carbons (Fsp3) is 0.0294. The number of benzene rings is 11. The lowest BCUT2D eigenvalue weighted by molar-refractivity contribution is 0.768. The number of anilines is 3. The van der Waals surface area contributed by atoms with Crippen LogP contribution in [0.5, 0.6) is 0 Å². The van der Waals surface area contributed by atoms with Crippen LogP contribution in [-0.4, -0.2) is 0 Å². The Bertz CT molecular complexity index is 3510. The van der Waals surface area contributed by atoms with E-state index in [1.54, 1.807) is 0 Å². The number of nitrogens with zero attached hydrogens (tertiary/aromatic N) is 1. The molecular formula is C68H45N. The molecule has 1 heteroatoms. The molecule has 14 rings (SSSR count). The minimum absolute atomic E-state index is 0.489. The molecule has 0 atom stereocenters. The maximum absolute atomic E-state index is 2.53. The van der Waals surface area contributed by atoms with Gasteiger partial charge in [0.2, 0.25) is 0 Å². The van der Waals surface area contributed by atoms with Crippen molar-refractivity contribution in [1.82, 2.24) is 0 Å². The van der Waals surface area contributed by atoms with E-state index in [1.807, 2.05) is 0 Å². The van der Waals surface area contributed by atoms with Gasteiger partial charge in [0, 0.05) is 17.1 Å². The maximum atomic E-state index is 2.53. The van der Waals surface area contributed by atoms with E-state index in [9.17, 15) is 0 Å². The average Bonchev–Trinajstić information content (AvgIpc) is 4.02. The molecule has 11 aromatic carbocycles. The molecule has 0 amide bonds. The first-order valence-electron chi connectivity index (χ1n) is 24.1. The molecule has 0 saturated carbocycles. The third kappa shape index (κ3) is 5.65. The Labute approximate surface area is 403 Å². The first-order chi connectivity index (χ1) is 34.2. The van der Waals surface area contributed by atoms with Crippen LogP contribution in [0.3, 0.4) is 0 Å². The molecule has 3 aliphatic carbocycles. The Hall–Kier alpha value is -8.78. The summed E-state index contributed by atoms with van der Waals surface area (Å²) < 4.78 is 0. The van der Waals surface area contributed by atoms with Crippen LogP contribution in [0.4, 0.5) is 17.1 Å². The highest BCUT2D eigenvalue weighted by atomic mass is 15.1. The average molecular weight is 876 g/mol. The first kappa shape index (κ1) is 39.4. The molecule has 0 N–H and O–H groups in total. The molecule has 0 unspecified atom stereocenters. The molecule has 0 aliphatic heterocycles. The zero-order valence-electron chi connectivity index (χ0n) is 37.9. The Morgan fingerprint density at radius 1 is 0.203 bits per heavy atom. The van der Waals surface area contributed by atoms with Crippen molar-refractivity contribution in [2.75, 3.05) is 4.90 Å². The van der Waals surface area contributed by atoms with Gasteiger partial charge in [-0.3, -0.25) is 0 Å². The summed E-state index contributed by atoms with van der Waals surface area (Å²) in [6.45, 7) is 0. The summed E-state index contributed by atoms with van der Waals surface area (Å²) in [6.07, 6.45) is 0. The minimum atomic E-state index is -0.557. The molecule has 0 aromatic heterocycles. The Kier molecular flexibility index (Phi) is 8.78. The van der Waals surface area contributed by atoms with Crippen LogP contribution < -0.4 is 4.90 Å². The fourth-order valence-electron chi connectivity index (χ4n) is 12.6. The Balaban J connectivity index is 1.08.